The van der Waals surface area contributed by atoms with Crippen molar-refractivity contribution < 1.29 is 48.0 Å². The molecule has 0 bridgehead atoms. The zero-order chi connectivity index (χ0) is 25.0. The van der Waals surface area contributed by atoms with Gasteiger partial charge in [0.25, 0.3) is 11.8 Å². The number of hydrogen-bond donors (Lipinski definition) is 5. The number of carbonyl (C=O) groups excluding carboxylic acids is 8. The second-order valence-electron chi connectivity index (χ2n) is 6.90. The number of hydrogen-bond acceptors (Lipinski definition) is 12. The third kappa shape index (κ3) is 5.94. The number of carbonyl (C=O) groups is 8. The lowest BCUT2D eigenvalue weighted by molar-refractivity contribution is -0.174. The lowest BCUT2D eigenvalue weighted by Crippen LogP contribution is -2.44. The Hall–Kier alpha value is -4.41. The maximum Gasteiger partial charge on any atom is 0.363 e. The van der Waals surface area contributed by atoms with Gasteiger partial charge in [0, 0.05) is 6.42 Å². The second-order valence-corrected chi connectivity index (χ2v) is 6.90. The molecule has 2 atom stereocenters. The quantitative estimate of drug-likeness (QED) is 0.0803. The Kier molecular flexibility index (Phi) is 8.54. The van der Waals surface area contributed by atoms with Crippen molar-refractivity contribution in [2.24, 2.45) is 17.7 Å². The van der Waals surface area contributed by atoms with Gasteiger partial charge in [0.2, 0.25) is 23.6 Å². The van der Waals surface area contributed by atoms with Gasteiger partial charge in [0.05, 0.1) is 17.5 Å². The molecule has 0 saturated carbocycles. The van der Waals surface area contributed by atoms with E-state index in [4.69, 9.17) is 10.7 Å². The Bertz CT molecular complexity index is 1110. The van der Waals surface area contributed by atoms with Gasteiger partial charge < -0.3 is 9.68 Å². The van der Waals surface area contributed by atoms with Crippen LogP contribution >= 0.6 is 12.4 Å². The van der Waals surface area contributed by atoms with Crippen molar-refractivity contribution >= 4 is 59.8 Å². The molecule has 0 aromatic heterocycles. The average molecular weight is 513 g/mol. The maximum atomic E-state index is 12.2. The van der Waals surface area contributed by atoms with Gasteiger partial charge in [-0.05, 0) is 24.3 Å². The van der Waals surface area contributed by atoms with Crippen LogP contribution in [-0.4, -0.2) is 52.4 Å². The van der Waals surface area contributed by atoms with Gasteiger partial charge in [0.15, 0.2) is 0 Å². The monoisotopic (exact) mass is 512 g/mol. The first-order chi connectivity index (χ1) is 16.1. The van der Waals surface area contributed by atoms with Crippen molar-refractivity contribution in [2.45, 2.75) is 12.8 Å². The van der Waals surface area contributed by atoms with Gasteiger partial charge in [-0.15, -0.1) is 17.5 Å². The highest BCUT2D eigenvalue weighted by molar-refractivity contribution is 6.14. The summed E-state index contributed by atoms with van der Waals surface area (Å²) in [5.74, 6) is -5.04. The lowest BCUT2D eigenvalue weighted by Gasteiger charge is -2.13. The zero-order valence-electron chi connectivity index (χ0n) is 17.4. The molecule has 6 N–H and O–H groups in total. The summed E-state index contributed by atoms with van der Waals surface area (Å²) in [5, 5.41) is 2.11. The number of hydroxylamine groups is 2. The fourth-order valence-corrected chi connectivity index (χ4v) is 2.92. The fraction of sp³-hybridized carbons (Fsp3) is 0.222. The molecule has 2 unspecified atom stereocenters. The number of amides is 6. The van der Waals surface area contributed by atoms with E-state index in [9.17, 15) is 38.4 Å². The van der Waals surface area contributed by atoms with E-state index in [2.05, 4.69) is 4.84 Å². The number of hydrazine groups is 2. The van der Waals surface area contributed by atoms with Gasteiger partial charge in [-0.3, -0.25) is 44.9 Å². The molecule has 3 rings (SSSR count). The van der Waals surface area contributed by atoms with Crippen molar-refractivity contribution in [3.05, 3.63) is 35.4 Å². The molecule has 2 aliphatic heterocycles. The standard InChI is InChI=1S/C18H16N6O10.ClH/c19-21-14(28)10-6-12(26)24(16(10)30)34-18(32)8-3-1-7(2-4-8)17(31)33-23-22-15(29)9-5-11(25)20-13(9)27;/h1-4,9-10,23H,5-6,19H2,(H,21,28)(H,22,29)(H,20,25,27);1H. The van der Waals surface area contributed by atoms with E-state index in [1.165, 1.54) is 0 Å². The molecule has 2 fully saturated rings. The van der Waals surface area contributed by atoms with Gasteiger partial charge in [-0.2, -0.15) is 0 Å². The Balaban J connectivity index is 0.00000432. The van der Waals surface area contributed by atoms with Crippen molar-refractivity contribution in [3.8, 4) is 0 Å². The van der Waals surface area contributed by atoms with E-state index in [1.807, 2.05) is 16.3 Å². The molecule has 0 aliphatic carbocycles. The van der Waals surface area contributed by atoms with Crippen LogP contribution in [0.5, 0.6) is 0 Å². The summed E-state index contributed by atoms with van der Waals surface area (Å²) in [6.45, 7) is 0. The van der Waals surface area contributed by atoms with E-state index in [-0.39, 0.29) is 35.0 Å². The average Bonchev–Trinajstić information content (AvgIpc) is 3.30. The molecule has 1 aromatic rings. The number of nitrogens with zero attached hydrogens (tertiary/aromatic N) is 1. The molecule has 35 heavy (non-hydrogen) atoms. The predicted octanol–water partition coefficient (Wildman–Crippen LogP) is -3.10. The summed E-state index contributed by atoms with van der Waals surface area (Å²) in [5.41, 5.74) is 5.30. The molecule has 2 aliphatic rings. The third-order valence-corrected chi connectivity index (χ3v) is 4.70. The smallest absolute Gasteiger partial charge is 0.346 e. The predicted molar refractivity (Wildman–Crippen MR) is 109 cm³/mol. The largest absolute Gasteiger partial charge is 0.363 e. The van der Waals surface area contributed by atoms with Crippen LogP contribution in [0, 0.1) is 11.8 Å². The number of benzene rings is 1. The molecular weight excluding hydrogens is 496 g/mol. The van der Waals surface area contributed by atoms with Crippen molar-refractivity contribution in [1.29, 1.82) is 0 Å². The minimum Gasteiger partial charge on any atom is -0.346 e. The van der Waals surface area contributed by atoms with Crippen LogP contribution in [0.25, 0.3) is 0 Å². The van der Waals surface area contributed by atoms with Crippen LogP contribution in [0.1, 0.15) is 33.6 Å². The molecule has 0 spiro atoms. The van der Waals surface area contributed by atoms with E-state index >= 15 is 0 Å². The maximum absolute atomic E-state index is 12.2. The van der Waals surface area contributed by atoms with Gasteiger partial charge >= 0.3 is 11.9 Å². The molecular formula is C18H17ClN6O10. The molecule has 0 radical (unpaired) electrons. The zero-order valence-corrected chi connectivity index (χ0v) is 18.2. The highest BCUT2D eigenvalue weighted by atomic mass is 35.5. The molecule has 2 saturated heterocycles. The van der Waals surface area contributed by atoms with E-state index in [1.54, 1.807) is 5.43 Å². The Morgan fingerprint density at radius 3 is 2.06 bits per heavy atom. The van der Waals surface area contributed by atoms with Gasteiger partial charge in [-0.1, -0.05) is 5.59 Å². The SMILES string of the molecule is Cl.NNC(=O)C1CC(=O)N(OC(=O)c2ccc(C(=O)ONNC(=O)C3CC(=O)NC3=O)cc2)C1=O. The van der Waals surface area contributed by atoms with Crippen LogP contribution in [0.2, 0.25) is 0 Å². The summed E-state index contributed by atoms with van der Waals surface area (Å²) in [6.07, 6.45) is -0.863. The second kappa shape index (κ2) is 11.1. The number of nitrogens with two attached hydrogens (primary N) is 1. The van der Waals surface area contributed by atoms with Crippen LogP contribution in [0.4, 0.5) is 0 Å². The van der Waals surface area contributed by atoms with Crippen molar-refractivity contribution in [2.75, 3.05) is 0 Å². The molecule has 2 heterocycles. The summed E-state index contributed by atoms with van der Waals surface area (Å²) in [4.78, 5) is 103. The number of rotatable bonds is 7. The fourth-order valence-electron chi connectivity index (χ4n) is 2.92. The topological polar surface area (TPSA) is 232 Å². The van der Waals surface area contributed by atoms with Gasteiger partial charge in [-0.25, -0.2) is 15.4 Å². The Morgan fingerprint density at radius 1 is 0.914 bits per heavy atom. The molecule has 16 nitrogen and oxygen atoms in total. The molecule has 1 aromatic carbocycles. The van der Waals surface area contributed by atoms with Crippen LogP contribution in [0.3, 0.4) is 0 Å². The van der Waals surface area contributed by atoms with Crippen LogP contribution < -0.4 is 27.6 Å². The first-order valence-corrected chi connectivity index (χ1v) is 9.41. The first kappa shape index (κ1) is 26.8. The minimum absolute atomic E-state index is 0. The Labute approximate surface area is 201 Å². The van der Waals surface area contributed by atoms with E-state index < -0.39 is 65.6 Å². The summed E-state index contributed by atoms with van der Waals surface area (Å²) >= 11 is 0. The van der Waals surface area contributed by atoms with E-state index in [0.717, 1.165) is 24.3 Å². The van der Waals surface area contributed by atoms with Crippen molar-refractivity contribution in [1.82, 2.24) is 26.8 Å². The first-order valence-electron chi connectivity index (χ1n) is 9.41. The summed E-state index contributed by atoms with van der Waals surface area (Å²) in [6, 6.07) is 4.54. The minimum atomic E-state index is -1.42. The third-order valence-electron chi connectivity index (χ3n) is 4.70. The van der Waals surface area contributed by atoms with Crippen LogP contribution in [0.15, 0.2) is 24.3 Å². The molecule has 17 heteroatoms. The normalized spacial score (nSPS) is 18.9. The van der Waals surface area contributed by atoms with Crippen LogP contribution in [-0.2, 0) is 38.4 Å². The van der Waals surface area contributed by atoms with Crippen molar-refractivity contribution in [3.63, 3.8) is 0 Å². The number of nitrogens with one attached hydrogen (secondary N) is 4. The highest BCUT2D eigenvalue weighted by Gasteiger charge is 2.45. The summed E-state index contributed by atoms with van der Waals surface area (Å²) < 4.78 is 0. The van der Waals surface area contributed by atoms with E-state index in [0.29, 0.717) is 0 Å². The number of imide groups is 2. The Morgan fingerprint density at radius 2 is 1.51 bits per heavy atom. The highest BCUT2D eigenvalue weighted by Crippen LogP contribution is 2.21. The lowest BCUT2D eigenvalue weighted by atomic mass is 10.1. The number of halogens is 1. The summed E-state index contributed by atoms with van der Waals surface area (Å²) in [7, 11) is 0. The molecule has 6 amide bonds. The molecule has 186 valence electrons. The van der Waals surface area contributed by atoms with Gasteiger partial charge in [0.1, 0.15) is 11.8 Å².